The van der Waals surface area contributed by atoms with E-state index in [2.05, 4.69) is 6.92 Å². The third-order valence-corrected chi connectivity index (χ3v) is 3.34. The van der Waals surface area contributed by atoms with Gasteiger partial charge in [-0.3, -0.25) is 4.79 Å². The van der Waals surface area contributed by atoms with Gasteiger partial charge < -0.3 is 4.74 Å². The number of unbranched alkanes of at least 4 members (excludes halogenated alkanes) is 3. The fraction of sp³-hybridized carbons (Fsp3) is 0.588. The van der Waals surface area contributed by atoms with Crippen LogP contribution in [0, 0.1) is 6.92 Å². The summed E-state index contributed by atoms with van der Waals surface area (Å²) in [5, 5.41) is 0. The lowest BCUT2D eigenvalue weighted by Crippen LogP contribution is -2.16. The molecule has 0 amide bonds. The van der Waals surface area contributed by atoms with Crippen molar-refractivity contribution in [3.8, 4) is 0 Å². The number of rotatable bonds is 9. The number of carbonyl (C=O) groups is 1. The van der Waals surface area contributed by atoms with Crippen LogP contribution in [0.5, 0.6) is 0 Å². The second-order valence-electron chi connectivity index (χ2n) is 5.26. The lowest BCUT2D eigenvalue weighted by Gasteiger charge is -2.12. The van der Waals surface area contributed by atoms with E-state index in [0.717, 1.165) is 12.0 Å². The molecule has 0 aliphatic heterocycles. The molecule has 0 N–H and O–H groups in total. The zero-order valence-corrected chi connectivity index (χ0v) is 12.4. The average molecular weight is 262 g/mol. The molecule has 19 heavy (non-hydrogen) atoms. The lowest BCUT2D eigenvalue weighted by atomic mass is 10.1. The Morgan fingerprint density at radius 1 is 1.16 bits per heavy atom. The predicted molar refractivity (Wildman–Crippen MR) is 79.7 cm³/mol. The van der Waals surface area contributed by atoms with E-state index in [1.807, 2.05) is 38.1 Å². The molecule has 1 aromatic carbocycles. The molecule has 0 spiro atoms. The second kappa shape index (κ2) is 8.87. The van der Waals surface area contributed by atoms with Gasteiger partial charge in [-0.2, -0.15) is 0 Å². The third-order valence-electron chi connectivity index (χ3n) is 3.34. The fourth-order valence-corrected chi connectivity index (χ4v) is 1.98. The molecule has 2 nitrogen and oxygen atoms in total. The van der Waals surface area contributed by atoms with Crippen LogP contribution in [0.25, 0.3) is 0 Å². The zero-order valence-electron chi connectivity index (χ0n) is 12.4. The number of hydrogen-bond donors (Lipinski definition) is 0. The molecular formula is C17H26O2. The van der Waals surface area contributed by atoms with Crippen LogP contribution in [0.1, 0.15) is 61.9 Å². The molecule has 0 aliphatic rings. The number of benzene rings is 1. The molecule has 2 heteroatoms. The van der Waals surface area contributed by atoms with Crippen molar-refractivity contribution in [2.75, 3.05) is 6.61 Å². The predicted octanol–water partition coefficient (Wildman–Crippen LogP) is 4.55. The van der Waals surface area contributed by atoms with Gasteiger partial charge in [0.05, 0.1) is 6.10 Å². The Kier molecular flexibility index (Phi) is 7.42. The molecule has 0 bridgehead atoms. The Labute approximate surface area is 117 Å². The fourth-order valence-electron chi connectivity index (χ4n) is 1.98. The minimum Gasteiger partial charge on any atom is -0.370 e. The lowest BCUT2D eigenvalue weighted by molar-refractivity contribution is 0.0483. The van der Waals surface area contributed by atoms with Crippen LogP contribution < -0.4 is 0 Å². The summed E-state index contributed by atoms with van der Waals surface area (Å²) in [7, 11) is 0. The molecular weight excluding hydrogens is 236 g/mol. The standard InChI is InChI=1S/C17H26O2/c1-4-5-6-7-8-15(3)19-13-17(18)16-11-9-14(2)10-12-16/h9-12,15H,4-8,13H2,1-3H3. The molecule has 0 radical (unpaired) electrons. The van der Waals surface area contributed by atoms with E-state index in [4.69, 9.17) is 4.74 Å². The van der Waals surface area contributed by atoms with E-state index in [9.17, 15) is 4.79 Å². The number of ether oxygens (including phenoxy) is 1. The van der Waals surface area contributed by atoms with Crippen molar-refractivity contribution in [3.05, 3.63) is 35.4 Å². The van der Waals surface area contributed by atoms with E-state index in [0.29, 0.717) is 0 Å². The number of carbonyl (C=O) groups excluding carboxylic acids is 1. The minimum atomic E-state index is 0.0698. The van der Waals surface area contributed by atoms with Crippen LogP contribution >= 0.6 is 0 Å². The number of Topliss-reactive ketones (excluding diaryl/α,β-unsaturated/α-hetero) is 1. The molecule has 1 unspecified atom stereocenters. The first-order valence-corrected chi connectivity index (χ1v) is 7.35. The van der Waals surface area contributed by atoms with Crippen LogP contribution in [0.2, 0.25) is 0 Å². The summed E-state index contributed by atoms with van der Waals surface area (Å²) in [4.78, 5) is 11.9. The maximum absolute atomic E-state index is 11.9. The summed E-state index contributed by atoms with van der Waals surface area (Å²) in [6.07, 6.45) is 6.20. The molecule has 1 rings (SSSR count). The van der Waals surface area contributed by atoms with Gasteiger partial charge in [0.1, 0.15) is 6.61 Å². The van der Waals surface area contributed by atoms with Crippen LogP contribution in [0.4, 0.5) is 0 Å². The Balaban J connectivity index is 2.24. The summed E-state index contributed by atoms with van der Waals surface area (Å²) >= 11 is 0. The maximum Gasteiger partial charge on any atom is 0.188 e. The van der Waals surface area contributed by atoms with Gasteiger partial charge in [-0.05, 0) is 20.3 Å². The highest BCUT2D eigenvalue weighted by Gasteiger charge is 2.08. The molecule has 0 heterocycles. The van der Waals surface area contributed by atoms with E-state index in [1.165, 1.54) is 31.2 Å². The summed E-state index contributed by atoms with van der Waals surface area (Å²) in [5.74, 6) is 0.0698. The second-order valence-corrected chi connectivity index (χ2v) is 5.26. The van der Waals surface area contributed by atoms with Gasteiger partial charge in [0.15, 0.2) is 5.78 Å². The highest BCUT2D eigenvalue weighted by atomic mass is 16.5. The first-order chi connectivity index (χ1) is 9.13. The maximum atomic E-state index is 11.9. The van der Waals surface area contributed by atoms with Crippen molar-refractivity contribution < 1.29 is 9.53 Å². The van der Waals surface area contributed by atoms with Gasteiger partial charge in [-0.15, -0.1) is 0 Å². The third kappa shape index (κ3) is 6.53. The van der Waals surface area contributed by atoms with E-state index < -0.39 is 0 Å². The molecule has 0 aliphatic carbocycles. The van der Waals surface area contributed by atoms with Crippen molar-refractivity contribution in [2.24, 2.45) is 0 Å². The van der Waals surface area contributed by atoms with Crippen molar-refractivity contribution >= 4 is 5.78 Å². The van der Waals surface area contributed by atoms with Gasteiger partial charge in [-0.25, -0.2) is 0 Å². The Bertz CT molecular complexity index is 367. The quantitative estimate of drug-likeness (QED) is 0.482. The highest BCUT2D eigenvalue weighted by Crippen LogP contribution is 2.09. The van der Waals surface area contributed by atoms with Crippen LogP contribution in [-0.2, 0) is 4.74 Å². The molecule has 1 atom stereocenters. The summed E-state index contributed by atoms with van der Waals surface area (Å²) in [6.45, 7) is 6.47. The number of hydrogen-bond acceptors (Lipinski definition) is 2. The minimum absolute atomic E-state index is 0.0698. The van der Waals surface area contributed by atoms with E-state index >= 15 is 0 Å². The molecule has 1 aromatic rings. The first-order valence-electron chi connectivity index (χ1n) is 7.35. The summed E-state index contributed by atoms with van der Waals surface area (Å²) < 4.78 is 5.62. The Morgan fingerprint density at radius 3 is 2.47 bits per heavy atom. The van der Waals surface area contributed by atoms with Crippen LogP contribution in [-0.4, -0.2) is 18.5 Å². The van der Waals surface area contributed by atoms with Gasteiger partial charge in [0, 0.05) is 5.56 Å². The SMILES string of the molecule is CCCCCCC(C)OCC(=O)c1ccc(C)cc1. The molecule has 0 aromatic heterocycles. The highest BCUT2D eigenvalue weighted by molar-refractivity contribution is 5.97. The monoisotopic (exact) mass is 262 g/mol. The average Bonchev–Trinajstić information content (AvgIpc) is 2.42. The van der Waals surface area contributed by atoms with Crippen molar-refractivity contribution in [1.29, 1.82) is 0 Å². The Hall–Kier alpha value is -1.15. The normalized spacial score (nSPS) is 12.4. The van der Waals surface area contributed by atoms with Gasteiger partial charge in [0.2, 0.25) is 0 Å². The molecule has 106 valence electrons. The summed E-state index contributed by atoms with van der Waals surface area (Å²) in [5.41, 5.74) is 1.91. The largest absolute Gasteiger partial charge is 0.370 e. The van der Waals surface area contributed by atoms with Crippen LogP contribution in [0.3, 0.4) is 0 Å². The van der Waals surface area contributed by atoms with E-state index in [-0.39, 0.29) is 18.5 Å². The van der Waals surface area contributed by atoms with E-state index in [1.54, 1.807) is 0 Å². The van der Waals surface area contributed by atoms with Crippen molar-refractivity contribution in [3.63, 3.8) is 0 Å². The topological polar surface area (TPSA) is 26.3 Å². The molecule has 0 saturated heterocycles. The zero-order chi connectivity index (χ0) is 14.1. The van der Waals surface area contributed by atoms with Crippen molar-refractivity contribution in [1.82, 2.24) is 0 Å². The summed E-state index contributed by atoms with van der Waals surface area (Å²) in [6, 6.07) is 7.66. The molecule has 0 saturated carbocycles. The van der Waals surface area contributed by atoms with Crippen molar-refractivity contribution in [2.45, 2.75) is 59.0 Å². The molecule has 0 fully saturated rings. The smallest absolute Gasteiger partial charge is 0.188 e. The number of ketones is 1. The van der Waals surface area contributed by atoms with Gasteiger partial charge in [-0.1, -0.05) is 62.4 Å². The first kappa shape index (κ1) is 15.9. The van der Waals surface area contributed by atoms with Gasteiger partial charge >= 0.3 is 0 Å². The number of aryl methyl sites for hydroxylation is 1. The van der Waals surface area contributed by atoms with Gasteiger partial charge in [0.25, 0.3) is 0 Å². The van der Waals surface area contributed by atoms with Crippen LogP contribution in [0.15, 0.2) is 24.3 Å². The Morgan fingerprint density at radius 2 is 1.84 bits per heavy atom.